The number of nitrogens with two attached hydrogens (primary N) is 2. The minimum absolute atomic E-state index is 0.0262. The number of aromatic nitrogens is 8. The Morgan fingerprint density at radius 2 is 1.21 bits per heavy atom. The predicted molar refractivity (Wildman–Crippen MR) is 227 cm³/mol. The standard InChI is InChI=1S/C19H18N8O4S.C14H10N6O3.C4H9NO2S/c20-9-16(25-5-7-32(30,31)8-6-25)13-1-2-17(23-10-13)26-12-14(11-24-26)15-3-4-22-19(21)18(15)27(28)29;15-14-13(20(22)23)11(3-4-16-14)10-6-18-19(7-10)12-2-1-9(8-21)5-17-12;6-8(7)3-1-5-2-4-8/h1-4,10-12,16H,5-8H2,(H2,21,22);1-8H,(H2,15,16);5H,1-4H2. The van der Waals surface area contributed by atoms with E-state index in [4.69, 9.17) is 11.5 Å². The number of sulfone groups is 2. The van der Waals surface area contributed by atoms with E-state index in [2.05, 4.69) is 41.5 Å². The summed E-state index contributed by atoms with van der Waals surface area (Å²) in [7, 11) is -5.69. The van der Waals surface area contributed by atoms with Gasteiger partial charge in [-0.1, -0.05) is 6.07 Å². The summed E-state index contributed by atoms with van der Waals surface area (Å²) < 4.78 is 47.4. The van der Waals surface area contributed by atoms with Crippen molar-refractivity contribution in [1.82, 2.24) is 49.7 Å². The van der Waals surface area contributed by atoms with Crippen LogP contribution in [0.15, 0.2) is 86.0 Å². The van der Waals surface area contributed by atoms with Gasteiger partial charge in [-0.05, 0) is 30.3 Å². The molecule has 2 fully saturated rings. The molecule has 8 rings (SSSR count). The van der Waals surface area contributed by atoms with Crippen LogP contribution in [0.2, 0.25) is 0 Å². The minimum Gasteiger partial charge on any atom is -0.378 e. The van der Waals surface area contributed by atoms with Crippen molar-refractivity contribution >= 4 is 49.0 Å². The van der Waals surface area contributed by atoms with Crippen LogP contribution in [0.1, 0.15) is 22.0 Å². The molecule has 1 unspecified atom stereocenters. The lowest BCUT2D eigenvalue weighted by atomic mass is 10.1. The van der Waals surface area contributed by atoms with Crippen molar-refractivity contribution in [3.05, 3.63) is 117 Å². The lowest BCUT2D eigenvalue weighted by molar-refractivity contribution is -0.383. The Bertz CT molecular complexity index is 2870. The molecule has 326 valence electrons. The molecule has 6 aromatic heterocycles. The summed E-state index contributed by atoms with van der Waals surface area (Å²) in [6.45, 7) is 1.84. The van der Waals surface area contributed by atoms with Gasteiger partial charge in [0.15, 0.2) is 37.6 Å². The van der Waals surface area contributed by atoms with Crippen molar-refractivity contribution in [3.8, 4) is 40.0 Å². The van der Waals surface area contributed by atoms with Crippen molar-refractivity contribution in [1.29, 1.82) is 5.26 Å². The van der Waals surface area contributed by atoms with Gasteiger partial charge in [-0.3, -0.25) is 29.9 Å². The number of aldehydes is 1. The number of pyridine rings is 4. The highest BCUT2D eigenvalue weighted by Gasteiger charge is 2.29. The predicted octanol–water partition coefficient (Wildman–Crippen LogP) is 1.75. The summed E-state index contributed by atoms with van der Waals surface area (Å²) in [4.78, 5) is 49.8. The van der Waals surface area contributed by atoms with Crippen molar-refractivity contribution in [2.24, 2.45) is 0 Å². The SMILES string of the molecule is N#CC(c1ccc(-n2cc(-c3ccnc(N)c3[N+](=O)[O-])cn2)nc1)N1CCS(=O)(=O)CC1.Nc1nccc(-c2cnn(-c3ccc(C=O)cn3)c2)c1[N+](=O)[O-].O=S1(=O)CCNCC1. The first-order chi connectivity index (χ1) is 30.1. The molecule has 0 bridgehead atoms. The van der Waals surface area contributed by atoms with Crippen LogP contribution in [0.4, 0.5) is 23.0 Å². The number of nitrogens with zero attached hydrogens (tertiary/aromatic N) is 12. The molecular formula is C37H37N15O9S2. The number of hydrogen-bond donors (Lipinski definition) is 3. The maximum Gasteiger partial charge on any atom is 0.319 e. The monoisotopic (exact) mass is 899 g/mol. The van der Waals surface area contributed by atoms with Crippen LogP contribution in [0.3, 0.4) is 0 Å². The third-order valence-corrected chi connectivity index (χ3v) is 12.8. The second-order valence-corrected chi connectivity index (χ2v) is 18.3. The molecule has 8 heterocycles. The summed E-state index contributed by atoms with van der Waals surface area (Å²) in [6, 6.07) is 11.2. The smallest absolute Gasteiger partial charge is 0.319 e. The fourth-order valence-electron chi connectivity index (χ4n) is 6.30. The van der Waals surface area contributed by atoms with Crippen molar-refractivity contribution in [2.75, 3.05) is 60.7 Å². The van der Waals surface area contributed by atoms with Crippen molar-refractivity contribution in [2.45, 2.75) is 6.04 Å². The molecule has 6 aromatic rings. The fraction of sp³-hybridized carbons (Fsp3) is 0.243. The Kier molecular flexibility index (Phi) is 13.8. The molecule has 2 saturated heterocycles. The van der Waals surface area contributed by atoms with Gasteiger partial charge in [0.25, 0.3) is 0 Å². The maximum absolute atomic E-state index is 11.6. The number of hydrogen-bond acceptors (Lipinski definition) is 20. The lowest BCUT2D eigenvalue weighted by Gasteiger charge is -2.30. The van der Waals surface area contributed by atoms with Crippen LogP contribution in [0.25, 0.3) is 33.9 Å². The number of nitriles is 1. The average molecular weight is 900 g/mol. The van der Waals surface area contributed by atoms with E-state index in [-0.39, 0.29) is 40.1 Å². The first-order valence-electron chi connectivity index (χ1n) is 18.6. The quantitative estimate of drug-likeness (QED) is 0.106. The van der Waals surface area contributed by atoms with Gasteiger partial charge in [0, 0.05) is 85.6 Å². The lowest BCUT2D eigenvalue weighted by Crippen LogP contribution is -2.42. The second-order valence-electron chi connectivity index (χ2n) is 13.7. The van der Waals surface area contributed by atoms with Gasteiger partial charge in [-0.15, -0.1) is 0 Å². The molecule has 2 aliphatic heterocycles. The fourth-order valence-corrected chi connectivity index (χ4v) is 8.64. The number of carbonyl (C=O) groups is 1. The van der Waals surface area contributed by atoms with Crippen LogP contribution < -0.4 is 16.8 Å². The number of carbonyl (C=O) groups excluding carboxylic acids is 1. The third kappa shape index (κ3) is 11.0. The molecule has 0 amide bonds. The zero-order valence-electron chi connectivity index (χ0n) is 32.9. The topological polar surface area (TPSA) is 350 Å². The Balaban J connectivity index is 0.000000185. The van der Waals surface area contributed by atoms with E-state index in [1.54, 1.807) is 42.9 Å². The summed E-state index contributed by atoms with van der Waals surface area (Å²) in [5.41, 5.74) is 13.3. The molecule has 2 aliphatic rings. The van der Waals surface area contributed by atoms with E-state index in [1.807, 2.05) is 4.90 Å². The molecule has 26 heteroatoms. The van der Waals surface area contributed by atoms with Crippen molar-refractivity contribution in [3.63, 3.8) is 0 Å². The van der Waals surface area contributed by atoms with Crippen LogP contribution >= 0.6 is 0 Å². The van der Waals surface area contributed by atoms with Gasteiger partial charge < -0.3 is 16.8 Å². The zero-order chi connectivity index (χ0) is 45.3. The third-order valence-electron chi connectivity index (χ3n) is 9.57. The number of nitrogens with one attached hydrogen (secondary N) is 1. The Morgan fingerprint density at radius 1 is 0.714 bits per heavy atom. The van der Waals surface area contributed by atoms with E-state index in [0.717, 1.165) is 0 Å². The molecule has 1 atom stereocenters. The van der Waals surface area contributed by atoms with E-state index in [0.29, 0.717) is 83.4 Å². The molecule has 24 nitrogen and oxygen atoms in total. The molecule has 0 spiro atoms. The number of nitrogen functional groups attached to an aromatic ring is 2. The van der Waals surface area contributed by atoms with Crippen molar-refractivity contribution < 1.29 is 31.5 Å². The average Bonchev–Trinajstić information content (AvgIpc) is 3.96. The Labute approximate surface area is 358 Å². The normalized spacial score (nSPS) is 15.9. The van der Waals surface area contributed by atoms with E-state index in [9.17, 15) is 47.1 Å². The van der Waals surface area contributed by atoms with Gasteiger partial charge in [-0.25, -0.2) is 46.1 Å². The van der Waals surface area contributed by atoms with Gasteiger partial charge in [-0.2, -0.15) is 15.5 Å². The first-order valence-corrected chi connectivity index (χ1v) is 22.2. The van der Waals surface area contributed by atoms with Crippen LogP contribution in [-0.4, -0.2) is 127 Å². The van der Waals surface area contributed by atoms with Crippen LogP contribution in [0, 0.1) is 31.6 Å². The molecule has 0 aliphatic carbocycles. The van der Waals surface area contributed by atoms with Gasteiger partial charge in [0.05, 0.1) is 62.4 Å². The Hall–Kier alpha value is -7.60. The van der Waals surface area contributed by atoms with Crippen LogP contribution in [0.5, 0.6) is 0 Å². The summed E-state index contributed by atoms with van der Waals surface area (Å²) in [5.74, 6) is 1.26. The molecule has 0 aromatic carbocycles. The maximum atomic E-state index is 11.6. The molecule has 5 N–H and O–H groups in total. The molecule has 0 saturated carbocycles. The van der Waals surface area contributed by atoms with Crippen LogP contribution in [-0.2, 0) is 19.7 Å². The highest BCUT2D eigenvalue weighted by atomic mass is 32.2. The summed E-state index contributed by atoms with van der Waals surface area (Å²) in [6.07, 6.45) is 12.5. The molecule has 0 radical (unpaired) electrons. The first kappa shape index (κ1) is 44.9. The van der Waals surface area contributed by atoms with Gasteiger partial charge in [0.2, 0.25) is 11.6 Å². The summed E-state index contributed by atoms with van der Waals surface area (Å²) >= 11 is 0. The number of nitro groups is 2. The summed E-state index contributed by atoms with van der Waals surface area (Å²) in [5, 5.41) is 43.5. The Morgan fingerprint density at radius 3 is 1.60 bits per heavy atom. The molecule has 63 heavy (non-hydrogen) atoms. The van der Waals surface area contributed by atoms with Gasteiger partial charge in [0.1, 0.15) is 6.04 Å². The second kappa shape index (κ2) is 19.4. The number of rotatable bonds is 9. The number of anilines is 2. The highest BCUT2D eigenvalue weighted by Crippen LogP contribution is 2.34. The van der Waals surface area contributed by atoms with E-state index < -0.39 is 35.6 Å². The molecular weight excluding hydrogens is 863 g/mol. The van der Waals surface area contributed by atoms with E-state index >= 15 is 0 Å². The minimum atomic E-state index is -3.05. The van der Waals surface area contributed by atoms with Gasteiger partial charge >= 0.3 is 11.4 Å². The largest absolute Gasteiger partial charge is 0.378 e. The highest BCUT2D eigenvalue weighted by molar-refractivity contribution is 7.91. The zero-order valence-corrected chi connectivity index (χ0v) is 34.5. The van der Waals surface area contributed by atoms with E-state index in [1.165, 1.54) is 52.5 Å².